The van der Waals surface area contributed by atoms with E-state index in [0.29, 0.717) is 37.1 Å². The topological polar surface area (TPSA) is 96.2 Å². The van der Waals surface area contributed by atoms with Crippen molar-refractivity contribution in [2.24, 2.45) is 24.6 Å². The van der Waals surface area contributed by atoms with Crippen molar-refractivity contribution in [1.82, 2.24) is 9.78 Å². The zero-order chi connectivity index (χ0) is 15.4. The highest BCUT2D eigenvalue weighted by Gasteiger charge is 2.31. The number of aromatic nitrogens is 2. The Kier molecular flexibility index (Phi) is 5.17. The van der Waals surface area contributed by atoms with Gasteiger partial charge in [-0.2, -0.15) is 5.10 Å². The van der Waals surface area contributed by atoms with E-state index in [1.807, 2.05) is 6.92 Å². The van der Waals surface area contributed by atoms with Crippen molar-refractivity contribution in [3.63, 3.8) is 0 Å². The van der Waals surface area contributed by atoms with Crippen molar-refractivity contribution in [3.05, 3.63) is 15.8 Å². The Balaban J connectivity index is 2.13. The van der Waals surface area contributed by atoms with Crippen molar-refractivity contribution >= 4 is 5.69 Å². The Morgan fingerprint density at radius 3 is 2.81 bits per heavy atom. The summed E-state index contributed by atoms with van der Waals surface area (Å²) >= 11 is 0. The highest BCUT2D eigenvalue weighted by atomic mass is 16.6. The van der Waals surface area contributed by atoms with Crippen molar-refractivity contribution in [2.45, 2.75) is 39.0 Å². The van der Waals surface area contributed by atoms with Crippen LogP contribution in [0.1, 0.15) is 38.3 Å². The predicted molar refractivity (Wildman–Crippen MR) is 79.2 cm³/mol. The average Bonchev–Trinajstić information content (AvgIpc) is 3.00. The number of hydrogen-bond acceptors (Lipinski definition) is 5. The number of nitrogens with zero attached hydrogens (tertiary/aromatic N) is 3. The van der Waals surface area contributed by atoms with Crippen LogP contribution < -0.4 is 10.5 Å². The summed E-state index contributed by atoms with van der Waals surface area (Å²) in [5.74, 6) is 1.12. The van der Waals surface area contributed by atoms with Gasteiger partial charge in [0.25, 0.3) is 5.88 Å². The summed E-state index contributed by atoms with van der Waals surface area (Å²) in [5.41, 5.74) is 6.28. The van der Waals surface area contributed by atoms with Crippen LogP contribution in [0, 0.1) is 22.0 Å². The van der Waals surface area contributed by atoms with Gasteiger partial charge in [-0.05, 0) is 37.6 Å². The molecule has 0 aliphatic heterocycles. The summed E-state index contributed by atoms with van der Waals surface area (Å²) in [7, 11) is 1.69. The lowest BCUT2D eigenvalue weighted by atomic mass is 9.97. The smallest absolute Gasteiger partial charge is 0.353 e. The molecule has 1 heterocycles. The Hall–Kier alpha value is -1.63. The summed E-state index contributed by atoms with van der Waals surface area (Å²) in [5, 5.41) is 15.5. The van der Waals surface area contributed by atoms with Gasteiger partial charge in [0.05, 0.1) is 11.5 Å². The number of aryl methyl sites for hydroxylation is 2. The van der Waals surface area contributed by atoms with Gasteiger partial charge in [-0.15, -0.1) is 0 Å². The van der Waals surface area contributed by atoms with Crippen LogP contribution in [0.5, 0.6) is 5.88 Å². The number of nitro groups is 1. The molecule has 7 nitrogen and oxygen atoms in total. The van der Waals surface area contributed by atoms with Crippen LogP contribution in [0.2, 0.25) is 0 Å². The molecule has 0 amide bonds. The first-order valence-corrected chi connectivity index (χ1v) is 7.61. The van der Waals surface area contributed by atoms with Crippen LogP contribution in [0.15, 0.2) is 0 Å². The molecule has 1 aromatic heterocycles. The van der Waals surface area contributed by atoms with E-state index in [4.69, 9.17) is 10.5 Å². The highest BCUT2D eigenvalue weighted by Crippen LogP contribution is 2.35. The molecular formula is C14H24N4O3. The lowest BCUT2D eigenvalue weighted by Crippen LogP contribution is -2.24. The summed E-state index contributed by atoms with van der Waals surface area (Å²) in [6.07, 6.45) is 4.76. The van der Waals surface area contributed by atoms with E-state index in [1.165, 1.54) is 4.68 Å². The largest absolute Gasteiger partial charge is 0.473 e. The molecule has 0 bridgehead atoms. The zero-order valence-electron chi connectivity index (χ0n) is 12.7. The van der Waals surface area contributed by atoms with Gasteiger partial charge in [0.15, 0.2) is 0 Å². The SMILES string of the molecule is CCCc1nn(C)c(OCC2CCCC2CN)c1[N+](=O)[O-]. The first kappa shape index (κ1) is 15.8. The van der Waals surface area contributed by atoms with Gasteiger partial charge in [-0.25, -0.2) is 4.68 Å². The predicted octanol–water partition coefficient (Wildman–Crippen LogP) is 2.03. The second-order valence-electron chi connectivity index (χ2n) is 5.73. The molecule has 2 atom stereocenters. The first-order chi connectivity index (χ1) is 10.1. The maximum atomic E-state index is 11.3. The van der Waals surface area contributed by atoms with E-state index in [-0.39, 0.29) is 16.5 Å². The molecule has 1 aromatic rings. The molecule has 1 aliphatic carbocycles. The molecule has 1 aliphatic rings. The molecule has 2 unspecified atom stereocenters. The van der Waals surface area contributed by atoms with Gasteiger partial charge in [-0.3, -0.25) is 10.1 Å². The average molecular weight is 296 g/mol. The monoisotopic (exact) mass is 296 g/mol. The summed E-state index contributed by atoms with van der Waals surface area (Å²) in [4.78, 5) is 10.9. The van der Waals surface area contributed by atoms with Crippen molar-refractivity contribution < 1.29 is 9.66 Å². The molecule has 118 valence electrons. The third-order valence-corrected chi connectivity index (χ3v) is 4.26. The molecule has 0 radical (unpaired) electrons. The minimum Gasteiger partial charge on any atom is -0.473 e. The van der Waals surface area contributed by atoms with E-state index in [2.05, 4.69) is 5.10 Å². The fourth-order valence-corrected chi connectivity index (χ4v) is 3.13. The minimum absolute atomic E-state index is 0.0154. The summed E-state index contributed by atoms with van der Waals surface area (Å²) < 4.78 is 7.26. The third-order valence-electron chi connectivity index (χ3n) is 4.26. The van der Waals surface area contributed by atoms with Gasteiger partial charge in [0.1, 0.15) is 5.69 Å². The molecular weight excluding hydrogens is 272 g/mol. The third kappa shape index (κ3) is 3.34. The second kappa shape index (κ2) is 6.89. The van der Waals surface area contributed by atoms with E-state index < -0.39 is 0 Å². The molecule has 0 aromatic carbocycles. The van der Waals surface area contributed by atoms with Gasteiger partial charge < -0.3 is 10.5 Å². The Morgan fingerprint density at radius 1 is 1.48 bits per heavy atom. The molecule has 1 saturated carbocycles. The maximum absolute atomic E-state index is 11.3. The van der Waals surface area contributed by atoms with Crippen LogP contribution in [-0.4, -0.2) is 27.9 Å². The van der Waals surface area contributed by atoms with E-state index in [0.717, 1.165) is 25.7 Å². The van der Waals surface area contributed by atoms with Crippen molar-refractivity contribution in [3.8, 4) is 5.88 Å². The molecule has 2 N–H and O–H groups in total. The van der Waals surface area contributed by atoms with Gasteiger partial charge >= 0.3 is 5.69 Å². The summed E-state index contributed by atoms with van der Waals surface area (Å²) in [6, 6.07) is 0. The fraction of sp³-hybridized carbons (Fsp3) is 0.786. The molecule has 7 heteroatoms. The Labute approximate surface area is 124 Å². The van der Waals surface area contributed by atoms with Gasteiger partial charge in [-0.1, -0.05) is 19.8 Å². The van der Waals surface area contributed by atoms with E-state index in [9.17, 15) is 10.1 Å². The Bertz CT molecular complexity index is 501. The summed E-state index contributed by atoms with van der Waals surface area (Å²) in [6.45, 7) is 3.11. The van der Waals surface area contributed by atoms with Crippen molar-refractivity contribution in [1.29, 1.82) is 0 Å². The van der Waals surface area contributed by atoms with E-state index >= 15 is 0 Å². The number of nitrogens with two attached hydrogens (primary N) is 1. The Morgan fingerprint density at radius 2 is 2.19 bits per heavy atom. The molecule has 0 saturated heterocycles. The van der Waals surface area contributed by atoms with Gasteiger partial charge in [0, 0.05) is 7.05 Å². The van der Waals surface area contributed by atoms with Crippen LogP contribution in [-0.2, 0) is 13.5 Å². The van der Waals surface area contributed by atoms with Gasteiger partial charge in [0.2, 0.25) is 0 Å². The lowest BCUT2D eigenvalue weighted by Gasteiger charge is -2.17. The lowest BCUT2D eigenvalue weighted by molar-refractivity contribution is -0.386. The fourth-order valence-electron chi connectivity index (χ4n) is 3.13. The number of rotatable bonds is 7. The molecule has 0 spiro atoms. The standard InChI is InChI=1S/C14H24N4O3/c1-3-5-12-13(18(19)20)14(17(2)16-12)21-9-11-7-4-6-10(11)8-15/h10-11H,3-9,15H2,1-2H3. The molecule has 2 rings (SSSR count). The normalized spacial score (nSPS) is 21.7. The first-order valence-electron chi connectivity index (χ1n) is 7.61. The van der Waals surface area contributed by atoms with Crippen LogP contribution >= 0.6 is 0 Å². The van der Waals surface area contributed by atoms with Crippen LogP contribution in [0.25, 0.3) is 0 Å². The van der Waals surface area contributed by atoms with Crippen LogP contribution in [0.3, 0.4) is 0 Å². The number of hydrogen-bond donors (Lipinski definition) is 1. The molecule has 1 fully saturated rings. The maximum Gasteiger partial charge on any atom is 0.353 e. The molecule has 21 heavy (non-hydrogen) atoms. The van der Waals surface area contributed by atoms with Crippen LogP contribution in [0.4, 0.5) is 5.69 Å². The quantitative estimate of drug-likeness (QED) is 0.613. The minimum atomic E-state index is -0.387. The number of ether oxygens (including phenoxy) is 1. The van der Waals surface area contributed by atoms with E-state index in [1.54, 1.807) is 7.05 Å². The van der Waals surface area contributed by atoms with Crippen molar-refractivity contribution in [2.75, 3.05) is 13.2 Å². The highest BCUT2D eigenvalue weighted by molar-refractivity contribution is 5.46. The zero-order valence-corrected chi connectivity index (χ0v) is 12.7. The second-order valence-corrected chi connectivity index (χ2v) is 5.73.